The highest BCUT2D eigenvalue weighted by Crippen LogP contribution is 2.28. The molecule has 0 radical (unpaired) electrons. The van der Waals surface area contributed by atoms with Gasteiger partial charge in [0, 0.05) is 23.1 Å². The third kappa shape index (κ3) is 4.95. The molecule has 1 N–H and O–H groups in total. The van der Waals surface area contributed by atoms with Gasteiger partial charge in [0.25, 0.3) is 0 Å². The Morgan fingerprint density at radius 1 is 1.14 bits per heavy atom. The van der Waals surface area contributed by atoms with Crippen LogP contribution in [0.15, 0.2) is 57.8 Å². The number of carbonyl (C=O) groups is 1. The van der Waals surface area contributed by atoms with Crippen LogP contribution in [0.2, 0.25) is 0 Å². The van der Waals surface area contributed by atoms with Crippen LogP contribution in [0.25, 0.3) is 17.0 Å². The molecule has 7 nitrogen and oxygen atoms in total. The largest absolute Gasteiger partial charge is 0.508 e. The van der Waals surface area contributed by atoms with Crippen LogP contribution < -0.4 is 15.1 Å². The molecule has 3 rings (SSSR count). The number of fused-ring (bicyclic) bond motifs is 1. The molecule has 0 saturated carbocycles. The minimum atomic E-state index is -0.607. The number of rotatable bonds is 7. The van der Waals surface area contributed by atoms with Crippen molar-refractivity contribution in [1.82, 2.24) is 0 Å². The van der Waals surface area contributed by atoms with Crippen molar-refractivity contribution in [3.8, 4) is 17.2 Å². The van der Waals surface area contributed by atoms with Crippen molar-refractivity contribution < 1.29 is 28.5 Å². The molecule has 0 atom stereocenters. The lowest BCUT2D eigenvalue weighted by Crippen LogP contribution is -2.15. The van der Waals surface area contributed by atoms with Crippen molar-refractivity contribution >= 4 is 23.0 Å². The molecule has 0 spiro atoms. The fraction of sp³-hybridized carbons (Fsp3) is 0.182. The Morgan fingerprint density at radius 3 is 2.72 bits per heavy atom. The standard InChI is InChI=1S/C22H20O7/c1-3-4-14-5-8-18(20(9-14)26-2)27-13-22(25)28-12-15-10-21(24)29-19-11-16(23)6-7-17(15)19/h3-11,23H,12-13H2,1-2H3/b4-3+. The fourth-order valence-corrected chi connectivity index (χ4v) is 2.77. The van der Waals surface area contributed by atoms with Gasteiger partial charge in [-0.3, -0.25) is 0 Å². The number of ether oxygens (including phenoxy) is 3. The highest BCUT2D eigenvalue weighted by atomic mass is 16.6. The zero-order chi connectivity index (χ0) is 20.8. The Morgan fingerprint density at radius 2 is 1.97 bits per heavy atom. The van der Waals surface area contributed by atoms with Gasteiger partial charge in [-0.15, -0.1) is 0 Å². The van der Waals surface area contributed by atoms with Gasteiger partial charge in [-0.25, -0.2) is 9.59 Å². The van der Waals surface area contributed by atoms with Gasteiger partial charge in [0.05, 0.1) is 7.11 Å². The number of phenols is 1. The minimum Gasteiger partial charge on any atom is -0.508 e. The highest BCUT2D eigenvalue weighted by molar-refractivity contribution is 5.81. The van der Waals surface area contributed by atoms with Crippen LogP contribution in [0.4, 0.5) is 0 Å². The third-order valence-corrected chi connectivity index (χ3v) is 4.09. The Bertz CT molecular complexity index is 1110. The van der Waals surface area contributed by atoms with Crippen LogP contribution in [-0.2, 0) is 16.1 Å². The van der Waals surface area contributed by atoms with Crippen LogP contribution in [0.3, 0.4) is 0 Å². The first-order chi connectivity index (χ1) is 14.0. The Labute approximate surface area is 166 Å². The molecule has 3 aromatic rings. The first kappa shape index (κ1) is 20.0. The number of carbonyl (C=O) groups excluding carboxylic acids is 1. The van der Waals surface area contributed by atoms with Crippen molar-refractivity contribution in [2.75, 3.05) is 13.7 Å². The van der Waals surface area contributed by atoms with Crippen molar-refractivity contribution in [3.05, 3.63) is 70.1 Å². The van der Waals surface area contributed by atoms with Crippen LogP contribution >= 0.6 is 0 Å². The maximum Gasteiger partial charge on any atom is 0.344 e. The van der Waals surface area contributed by atoms with Gasteiger partial charge in [0.15, 0.2) is 18.1 Å². The number of methoxy groups -OCH3 is 1. The highest BCUT2D eigenvalue weighted by Gasteiger charge is 2.12. The van der Waals surface area contributed by atoms with Crippen molar-refractivity contribution in [1.29, 1.82) is 0 Å². The molecule has 2 aromatic carbocycles. The van der Waals surface area contributed by atoms with Gasteiger partial charge in [-0.1, -0.05) is 18.2 Å². The number of hydrogen-bond donors (Lipinski definition) is 1. The molecule has 0 amide bonds. The molecule has 29 heavy (non-hydrogen) atoms. The second kappa shape index (κ2) is 8.97. The summed E-state index contributed by atoms with van der Waals surface area (Å²) in [6, 6.07) is 11.0. The van der Waals surface area contributed by atoms with E-state index in [0.29, 0.717) is 22.4 Å². The average molecular weight is 396 g/mol. The summed E-state index contributed by atoms with van der Waals surface area (Å²) in [5.41, 5.74) is 1.03. The number of hydrogen-bond acceptors (Lipinski definition) is 7. The van der Waals surface area contributed by atoms with Crippen molar-refractivity contribution in [3.63, 3.8) is 0 Å². The lowest BCUT2D eigenvalue weighted by molar-refractivity contribution is -0.147. The second-order valence-corrected chi connectivity index (χ2v) is 6.13. The monoisotopic (exact) mass is 396 g/mol. The summed E-state index contributed by atoms with van der Waals surface area (Å²) >= 11 is 0. The number of allylic oxidation sites excluding steroid dienone is 1. The van der Waals surface area contributed by atoms with E-state index >= 15 is 0 Å². The van der Waals surface area contributed by atoms with E-state index in [0.717, 1.165) is 5.56 Å². The first-order valence-electron chi connectivity index (χ1n) is 8.85. The van der Waals surface area contributed by atoms with Gasteiger partial charge in [0.2, 0.25) is 0 Å². The lowest BCUT2D eigenvalue weighted by Gasteiger charge is -2.11. The van der Waals surface area contributed by atoms with E-state index in [-0.39, 0.29) is 24.5 Å². The number of phenolic OH excluding ortho intramolecular Hbond substituents is 1. The van der Waals surface area contributed by atoms with Gasteiger partial charge >= 0.3 is 11.6 Å². The summed E-state index contributed by atoms with van der Waals surface area (Å²) in [4.78, 5) is 23.8. The second-order valence-electron chi connectivity index (χ2n) is 6.13. The van der Waals surface area contributed by atoms with E-state index in [2.05, 4.69) is 0 Å². The summed E-state index contributed by atoms with van der Waals surface area (Å²) < 4.78 is 21.1. The first-order valence-corrected chi connectivity index (χ1v) is 8.85. The number of aromatic hydroxyl groups is 1. The molecule has 0 unspecified atom stereocenters. The number of benzene rings is 2. The van der Waals surface area contributed by atoms with Gasteiger partial charge in [0.1, 0.15) is 17.9 Å². The molecule has 0 bridgehead atoms. The molecule has 150 valence electrons. The Kier molecular flexibility index (Phi) is 6.19. The lowest BCUT2D eigenvalue weighted by atomic mass is 10.1. The normalized spacial score (nSPS) is 11.0. The Hall–Kier alpha value is -3.74. The molecule has 7 heteroatoms. The van der Waals surface area contributed by atoms with Gasteiger partial charge < -0.3 is 23.7 Å². The maximum atomic E-state index is 12.1. The quantitative estimate of drug-likeness (QED) is 0.481. The van der Waals surface area contributed by atoms with E-state index in [1.54, 1.807) is 18.2 Å². The third-order valence-electron chi connectivity index (χ3n) is 4.09. The van der Waals surface area contributed by atoms with E-state index in [1.165, 1.54) is 25.3 Å². The van der Waals surface area contributed by atoms with Crippen molar-refractivity contribution in [2.45, 2.75) is 13.5 Å². The van der Waals surface area contributed by atoms with Crippen LogP contribution in [0.1, 0.15) is 18.1 Å². The topological polar surface area (TPSA) is 95.2 Å². The molecule has 0 fully saturated rings. The number of esters is 1. The average Bonchev–Trinajstić information content (AvgIpc) is 2.70. The fourth-order valence-electron chi connectivity index (χ4n) is 2.77. The van der Waals surface area contributed by atoms with Crippen LogP contribution in [0.5, 0.6) is 17.2 Å². The summed E-state index contributed by atoms with van der Waals surface area (Å²) in [6.07, 6.45) is 3.82. The zero-order valence-electron chi connectivity index (χ0n) is 16.0. The molecule has 1 heterocycles. The predicted octanol–water partition coefficient (Wildman–Crippen LogP) is 3.66. The summed E-state index contributed by atoms with van der Waals surface area (Å²) in [5.74, 6) is 0.279. The zero-order valence-corrected chi connectivity index (χ0v) is 16.0. The minimum absolute atomic E-state index is 0.0300. The molecule has 0 aliphatic carbocycles. The summed E-state index contributed by atoms with van der Waals surface area (Å²) in [6.45, 7) is 1.46. The van der Waals surface area contributed by atoms with Gasteiger partial charge in [-0.05, 0) is 36.8 Å². The maximum absolute atomic E-state index is 12.1. The van der Waals surface area contributed by atoms with E-state index in [1.807, 2.05) is 25.1 Å². The summed E-state index contributed by atoms with van der Waals surface area (Å²) in [7, 11) is 1.52. The molecule has 0 saturated heterocycles. The Balaban J connectivity index is 1.65. The SMILES string of the molecule is C/C=C/c1ccc(OCC(=O)OCc2cc(=O)oc3cc(O)ccc23)c(OC)c1. The molecular weight excluding hydrogens is 376 g/mol. The van der Waals surface area contributed by atoms with E-state index in [4.69, 9.17) is 18.6 Å². The predicted molar refractivity (Wildman–Crippen MR) is 107 cm³/mol. The van der Waals surface area contributed by atoms with E-state index < -0.39 is 11.6 Å². The molecule has 1 aromatic heterocycles. The van der Waals surface area contributed by atoms with E-state index in [9.17, 15) is 14.7 Å². The van der Waals surface area contributed by atoms with Crippen molar-refractivity contribution in [2.24, 2.45) is 0 Å². The smallest absolute Gasteiger partial charge is 0.344 e. The van der Waals surface area contributed by atoms with Crippen LogP contribution in [0, 0.1) is 0 Å². The van der Waals surface area contributed by atoms with Gasteiger partial charge in [-0.2, -0.15) is 0 Å². The molecular formula is C22H20O7. The molecule has 0 aliphatic rings. The van der Waals surface area contributed by atoms with Crippen LogP contribution in [-0.4, -0.2) is 24.8 Å². The molecule has 0 aliphatic heterocycles. The summed E-state index contributed by atoms with van der Waals surface area (Å²) in [5, 5.41) is 10.1.